The highest BCUT2D eigenvalue weighted by molar-refractivity contribution is 5.34. The molecule has 22 heavy (non-hydrogen) atoms. The number of benzene rings is 2. The van der Waals surface area contributed by atoms with Crippen molar-refractivity contribution < 1.29 is 14.9 Å². The molecule has 0 fully saturated rings. The van der Waals surface area contributed by atoms with Crippen molar-refractivity contribution in [3.05, 3.63) is 65.2 Å². The Morgan fingerprint density at radius 3 is 2.18 bits per heavy atom. The van der Waals surface area contributed by atoms with E-state index in [1.807, 2.05) is 49.5 Å². The van der Waals surface area contributed by atoms with E-state index in [4.69, 9.17) is 4.74 Å². The van der Waals surface area contributed by atoms with Crippen molar-refractivity contribution in [3.63, 3.8) is 0 Å². The summed E-state index contributed by atoms with van der Waals surface area (Å²) >= 11 is 0. The maximum Gasteiger partial charge on any atom is 0.125 e. The van der Waals surface area contributed by atoms with Gasteiger partial charge in [0, 0.05) is 6.42 Å². The monoisotopic (exact) mass is 301 g/mol. The summed E-state index contributed by atoms with van der Waals surface area (Å²) in [5.41, 5.74) is 2.58. The van der Waals surface area contributed by atoms with Crippen molar-refractivity contribution in [1.29, 1.82) is 0 Å². The van der Waals surface area contributed by atoms with Crippen LogP contribution in [0.15, 0.2) is 48.5 Å². The Morgan fingerprint density at radius 1 is 1.00 bits per heavy atom. The fraction of sp³-hybridized carbons (Fsp3) is 0.333. The van der Waals surface area contributed by atoms with Gasteiger partial charge in [0.2, 0.25) is 0 Å². The van der Waals surface area contributed by atoms with Crippen LogP contribution >= 0.6 is 0 Å². The lowest BCUT2D eigenvalue weighted by Crippen LogP contribution is -2.16. The molecule has 1 atom stereocenters. The van der Waals surface area contributed by atoms with Crippen LogP contribution in [0.2, 0.25) is 0 Å². The summed E-state index contributed by atoms with van der Waals surface area (Å²) < 4.78 is 6.13. The Labute approximate surface area is 131 Å². The number of nitrogens with one attached hydrogen (secondary N) is 1. The fourth-order valence-electron chi connectivity index (χ4n) is 2.38. The molecule has 0 bridgehead atoms. The van der Waals surface area contributed by atoms with E-state index in [0.29, 0.717) is 5.75 Å². The minimum atomic E-state index is -0.0749. The van der Waals surface area contributed by atoms with E-state index >= 15 is 0 Å². The maximum atomic E-state index is 9.33. The number of rotatable bonds is 8. The average molecular weight is 301 g/mol. The molecule has 1 unspecified atom stereocenters. The van der Waals surface area contributed by atoms with Crippen molar-refractivity contribution in [2.75, 3.05) is 13.6 Å². The average Bonchev–Trinajstić information content (AvgIpc) is 2.58. The van der Waals surface area contributed by atoms with E-state index < -0.39 is 0 Å². The Bertz CT molecular complexity index is 550. The molecular weight excluding hydrogens is 278 g/mol. The predicted molar refractivity (Wildman–Crippen MR) is 86.6 cm³/mol. The summed E-state index contributed by atoms with van der Waals surface area (Å²) in [6.45, 7) is 0.694. The molecule has 3 N–H and O–H groups in total. The van der Waals surface area contributed by atoms with Gasteiger partial charge in [-0.15, -0.1) is 0 Å². The van der Waals surface area contributed by atoms with Crippen molar-refractivity contribution in [3.8, 4) is 5.75 Å². The maximum absolute atomic E-state index is 9.33. The van der Waals surface area contributed by atoms with E-state index in [2.05, 4.69) is 5.32 Å². The number of aliphatic hydroxyl groups excluding tert-OH is 2. The fourth-order valence-corrected chi connectivity index (χ4v) is 2.38. The standard InChI is InChI=1S/C18H23NO3/c1-19-8-7-18(16-5-3-2-4-6-16)22-17-10-14(12-20)9-15(11-17)13-21/h2-6,9-11,18-21H,7-8,12-13H2,1H3. The first-order valence-corrected chi connectivity index (χ1v) is 7.47. The summed E-state index contributed by atoms with van der Waals surface area (Å²) in [7, 11) is 1.91. The van der Waals surface area contributed by atoms with Crippen LogP contribution in [0.3, 0.4) is 0 Å². The van der Waals surface area contributed by atoms with Gasteiger partial charge in [-0.25, -0.2) is 0 Å². The van der Waals surface area contributed by atoms with Crippen LogP contribution in [0.5, 0.6) is 5.75 Å². The van der Waals surface area contributed by atoms with Gasteiger partial charge in [0.25, 0.3) is 0 Å². The molecule has 0 amide bonds. The van der Waals surface area contributed by atoms with Crippen molar-refractivity contribution >= 4 is 0 Å². The summed E-state index contributed by atoms with van der Waals surface area (Å²) in [5.74, 6) is 0.667. The second-order valence-corrected chi connectivity index (χ2v) is 5.21. The van der Waals surface area contributed by atoms with Crippen LogP contribution < -0.4 is 10.1 Å². The summed E-state index contributed by atoms with van der Waals surface area (Å²) in [4.78, 5) is 0. The zero-order chi connectivity index (χ0) is 15.8. The third-order valence-corrected chi connectivity index (χ3v) is 3.50. The molecule has 0 aromatic heterocycles. The first-order chi connectivity index (χ1) is 10.8. The van der Waals surface area contributed by atoms with Gasteiger partial charge < -0.3 is 20.3 Å². The predicted octanol–water partition coefficient (Wildman–Crippen LogP) is 2.40. The van der Waals surface area contributed by atoms with Gasteiger partial charge in [-0.05, 0) is 42.4 Å². The van der Waals surface area contributed by atoms with Crippen LogP contribution in [0.25, 0.3) is 0 Å². The Balaban J connectivity index is 2.22. The second-order valence-electron chi connectivity index (χ2n) is 5.21. The Kier molecular flexibility index (Phi) is 6.40. The molecule has 0 spiro atoms. The third kappa shape index (κ3) is 4.56. The summed E-state index contributed by atoms with van der Waals surface area (Å²) in [6.07, 6.45) is 0.757. The minimum absolute atomic E-state index is 0.0727. The largest absolute Gasteiger partial charge is 0.486 e. The normalized spacial score (nSPS) is 12.1. The Hall–Kier alpha value is -1.88. The lowest BCUT2D eigenvalue weighted by molar-refractivity contribution is 0.193. The van der Waals surface area contributed by atoms with E-state index in [9.17, 15) is 10.2 Å². The minimum Gasteiger partial charge on any atom is -0.486 e. The number of ether oxygens (including phenoxy) is 1. The first kappa shape index (κ1) is 16.5. The van der Waals surface area contributed by atoms with Gasteiger partial charge >= 0.3 is 0 Å². The molecule has 0 radical (unpaired) electrons. The van der Waals surface area contributed by atoms with E-state index in [0.717, 1.165) is 29.7 Å². The molecule has 0 aliphatic carbocycles. The van der Waals surface area contributed by atoms with Gasteiger partial charge in [0.1, 0.15) is 11.9 Å². The molecule has 0 saturated heterocycles. The molecule has 0 aliphatic heterocycles. The summed E-state index contributed by atoms with van der Waals surface area (Å²) in [5, 5.41) is 21.8. The van der Waals surface area contributed by atoms with Crippen LogP contribution in [-0.4, -0.2) is 23.8 Å². The lowest BCUT2D eigenvalue weighted by atomic mass is 10.1. The van der Waals surface area contributed by atoms with Crippen molar-refractivity contribution in [2.24, 2.45) is 0 Å². The molecule has 0 heterocycles. The molecule has 2 aromatic rings. The first-order valence-electron chi connectivity index (χ1n) is 7.47. The smallest absolute Gasteiger partial charge is 0.125 e. The zero-order valence-corrected chi connectivity index (χ0v) is 12.8. The topological polar surface area (TPSA) is 61.7 Å². The van der Waals surface area contributed by atoms with Crippen LogP contribution in [-0.2, 0) is 13.2 Å². The zero-order valence-electron chi connectivity index (χ0n) is 12.8. The second kappa shape index (κ2) is 8.54. The highest BCUT2D eigenvalue weighted by Gasteiger charge is 2.13. The van der Waals surface area contributed by atoms with E-state index in [1.54, 1.807) is 6.07 Å². The van der Waals surface area contributed by atoms with E-state index in [-0.39, 0.29) is 19.3 Å². The number of hydrogen-bond donors (Lipinski definition) is 3. The van der Waals surface area contributed by atoms with Crippen LogP contribution in [0.1, 0.15) is 29.2 Å². The van der Waals surface area contributed by atoms with Crippen molar-refractivity contribution in [1.82, 2.24) is 5.32 Å². The van der Waals surface area contributed by atoms with Gasteiger partial charge in [-0.3, -0.25) is 0 Å². The third-order valence-electron chi connectivity index (χ3n) is 3.50. The highest BCUT2D eigenvalue weighted by atomic mass is 16.5. The lowest BCUT2D eigenvalue weighted by Gasteiger charge is -2.20. The molecule has 2 aromatic carbocycles. The summed E-state index contributed by atoms with van der Waals surface area (Å²) in [6, 6.07) is 15.5. The molecule has 4 heteroatoms. The SMILES string of the molecule is CNCCC(Oc1cc(CO)cc(CO)c1)c1ccccc1. The van der Waals surface area contributed by atoms with Gasteiger partial charge in [0.05, 0.1) is 13.2 Å². The highest BCUT2D eigenvalue weighted by Crippen LogP contribution is 2.26. The van der Waals surface area contributed by atoms with Gasteiger partial charge in [-0.1, -0.05) is 36.4 Å². The molecule has 2 rings (SSSR count). The van der Waals surface area contributed by atoms with Gasteiger partial charge in [-0.2, -0.15) is 0 Å². The Morgan fingerprint density at radius 2 is 1.64 bits per heavy atom. The molecule has 0 saturated carbocycles. The van der Waals surface area contributed by atoms with Crippen LogP contribution in [0, 0.1) is 0 Å². The number of hydrogen-bond acceptors (Lipinski definition) is 4. The molecule has 0 aliphatic rings. The quantitative estimate of drug-likeness (QED) is 0.700. The van der Waals surface area contributed by atoms with Gasteiger partial charge in [0.15, 0.2) is 0 Å². The number of aliphatic hydroxyl groups is 2. The van der Waals surface area contributed by atoms with E-state index in [1.165, 1.54) is 0 Å². The van der Waals surface area contributed by atoms with Crippen LogP contribution in [0.4, 0.5) is 0 Å². The van der Waals surface area contributed by atoms with Crippen molar-refractivity contribution in [2.45, 2.75) is 25.7 Å². The molecule has 118 valence electrons. The molecule has 4 nitrogen and oxygen atoms in total. The molecular formula is C18H23NO3.